The summed E-state index contributed by atoms with van der Waals surface area (Å²) in [6, 6.07) is 8.60. The van der Waals surface area contributed by atoms with E-state index in [-0.39, 0.29) is 0 Å². The van der Waals surface area contributed by atoms with Gasteiger partial charge in [-0.2, -0.15) is 0 Å². The zero-order valence-electron chi connectivity index (χ0n) is 12.2. The molecule has 3 nitrogen and oxygen atoms in total. The molecule has 2 rings (SSSR count). The molecular weight excluding hydrogens is 238 g/mol. The van der Waals surface area contributed by atoms with Crippen molar-refractivity contribution in [3.63, 3.8) is 0 Å². The number of rotatable bonds is 6. The standard InChI is InChI=1S/C16H25NO2/c1-4-16-14(8-9-19-16)11-17-12(2)13-6-5-7-15(10-13)18-3/h5-7,10,12,14,16-17H,4,8-9,11H2,1-3H3. The Bertz CT molecular complexity index is 394. The Labute approximate surface area is 116 Å². The fraction of sp³-hybridized carbons (Fsp3) is 0.625. The van der Waals surface area contributed by atoms with Gasteiger partial charge in [0.15, 0.2) is 0 Å². The van der Waals surface area contributed by atoms with Gasteiger partial charge in [-0.3, -0.25) is 0 Å². The summed E-state index contributed by atoms with van der Waals surface area (Å²) < 4.78 is 11.0. The molecule has 19 heavy (non-hydrogen) atoms. The van der Waals surface area contributed by atoms with Crippen LogP contribution in [-0.4, -0.2) is 26.4 Å². The van der Waals surface area contributed by atoms with Crippen molar-refractivity contribution < 1.29 is 9.47 Å². The Hall–Kier alpha value is -1.06. The minimum absolute atomic E-state index is 0.341. The van der Waals surface area contributed by atoms with Crippen LogP contribution in [0.1, 0.15) is 38.3 Å². The summed E-state index contributed by atoms with van der Waals surface area (Å²) >= 11 is 0. The van der Waals surface area contributed by atoms with Gasteiger partial charge in [-0.15, -0.1) is 0 Å². The normalized spacial score (nSPS) is 24.4. The van der Waals surface area contributed by atoms with Gasteiger partial charge in [0.25, 0.3) is 0 Å². The summed E-state index contributed by atoms with van der Waals surface area (Å²) in [5, 5.41) is 3.62. The molecule has 1 aromatic rings. The molecule has 1 N–H and O–H groups in total. The Kier molecular flexibility index (Phi) is 5.23. The maximum Gasteiger partial charge on any atom is 0.119 e. The first kappa shape index (κ1) is 14.4. The molecule has 1 aliphatic rings. The number of ether oxygens (including phenoxy) is 2. The Balaban J connectivity index is 1.88. The zero-order chi connectivity index (χ0) is 13.7. The summed E-state index contributed by atoms with van der Waals surface area (Å²) in [6.07, 6.45) is 2.72. The predicted octanol–water partition coefficient (Wildman–Crippen LogP) is 3.16. The van der Waals surface area contributed by atoms with Crippen molar-refractivity contribution in [1.82, 2.24) is 5.32 Å². The molecule has 1 aromatic carbocycles. The number of benzene rings is 1. The van der Waals surface area contributed by atoms with Crippen LogP contribution in [0, 0.1) is 5.92 Å². The minimum Gasteiger partial charge on any atom is -0.497 e. The highest BCUT2D eigenvalue weighted by atomic mass is 16.5. The van der Waals surface area contributed by atoms with E-state index < -0.39 is 0 Å². The first-order valence-corrected chi connectivity index (χ1v) is 7.23. The smallest absolute Gasteiger partial charge is 0.119 e. The van der Waals surface area contributed by atoms with Crippen molar-refractivity contribution in [3.8, 4) is 5.75 Å². The average molecular weight is 263 g/mol. The lowest BCUT2D eigenvalue weighted by molar-refractivity contribution is 0.0867. The lowest BCUT2D eigenvalue weighted by atomic mass is 9.98. The van der Waals surface area contributed by atoms with Crippen molar-refractivity contribution in [2.24, 2.45) is 5.92 Å². The highest BCUT2D eigenvalue weighted by molar-refractivity contribution is 5.30. The Morgan fingerprint density at radius 3 is 3.05 bits per heavy atom. The lowest BCUT2D eigenvalue weighted by Crippen LogP contribution is -2.30. The first-order valence-electron chi connectivity index (χ1n) is 7.23. The summed E-state index contributed by atoms with van der Waals surface area (Å²) in [7, 11) is 1.71. The van der Waals surface area contributed by atoms with Gasteiger partial charge in [-0.05, 0) is 43.4 Å². The average Bonchev–Trinajstić information content (AvgIpc) is 2.92. The summed E-state index contributed by atoms with van der Waals surface area (Å²) in [5.74, 6) is 1.57. The van der Waals surface area contributed by atoms with Crippen molar-refractivity contribution in [2.75, 3.05) is 20.3 Å². The molecule has 1 saturated heterocycles. The molecule has 0 aliphatic carbocycles. The highest BCUT2D eigenvalue weighted by Crippen LogP contribution is 2.24. The number of methoxy groups -OCH3 is 1. The SMILES string of the molecule is CCC1OCCC1CNC(C)c1cccc(OC)c1. The minimum atomic E-state index is 0.341. The molecule has 1 fully saturated rings. The number of hydrogen-bond donors (Lipinski definition) is 1. The first-order chi connectivity index (χ1) is 9.24. The molecule has 1 heterocycles. The van der Waals surface area contributed by atoms with Crippen molar-refractivity contribution in [1.29, 1.82) is 0 Å². The van der Waals surface area contributed by atoms with E-state index in [0.29, 0.717) is 18.1 Å². The molecule has 0 spiro atoms. The Morgan fingerprint density at radius 2 is 2.32 bits per heavy atom. The van der Waals surface area contributed by atoms with Gasteiger partial charge in [-0.25, -0.2) is 0 Å². The van der Waals surface area contributed by atoms with E-state index in [1.54, 1.807) is 7.11 Å². The van der Waals surface area contributed by atoms with E-state index in [1.165, 1.54) is 12.0 Å². The summed E-state index contributed by atoms with van der Waals surface area (Å²) in [6.45, 7) is 6.34. The van der Waals surface area contributed by atoms with E-state index in [0.717, 1.165) is 25.3 Å². The van der Waals surface area contributed by atoms with Crippen LogP contribution in [0.15, 0.2) is 24.3 Å². The molecule has 3 heteroatoms. The van der Waals surface area contributed by atoms with E-state index in [9.17, 15) is 0 Å². The van der Waals surface area contributed by atoms with Gasteiger partial charge < -0.3 is 14.8 Å². The van der Waals surface area contributed by atoms with Crippen molar-refractivity contribution >= 4 is 0 Å². The quantitative estimate of drug-likeness (QED) is 0.855. The molecule has 1 aliphatic heterocycles. The molecule has 0 radical (unpaired) electrons. The zero-order valence-corrected chi connectivity index (χ0v) is 12.2. The third kappa shape index (κ3) is 3.71. The maximum atomic E-state index is 5.73. The highest BCUT2D eigenvalue weighted by Gasteiger charge is 2.26. The van der Waals surface area contributed by atoms with Crippen LogP contribution in [0.2, 0.25) is 0 Å². The molecular formula is C16H25NO2. The van der Waals surface area contributed by atoms with Crippen LogP contribution >= 0.6 is 0 Å². The molecule has 3 unspecified atom stereocenters. The summed E-state index contributed by atoms with van der Waals surface area (Å²) in [5.41, 5.74) is 1.27. The van der Waals surface area contributed by atoms with Crippen LogP contribution < -0.4 is 10.1 Å². The van der Waals surface area contributed by atoms with Gasteiger partial charge in [0.2, 0.25) is 0 Å². The largest absolute Gasteiger partial charge is 0.497 e. The third-order valence-corrected chi connectivity index (χ3v) is 4.03. The second-order valence-electron chi connectivity index (χ2n) is 5.27. The van der Waals surface area contributed by atoms with Gasteiger partial charge in [0.1, 0.15) is 5.75 Å². The second-order valence-corrected chi connectivity index (χ2v) is 5.27. The molecule has 0 bridgehead atoms. The van der Waals surface area contributed by atoms with Crippen LogP contribution in [0.3, 0.4) is 0 Å². The van der Waals surface area contributed by atoms with Crippen LogP contribution in [0.4, 0.5) is 0 Å². The lowest BCUT2D eigenvalue weighted by Gasteiger charge is -2.21. The molecule has 0 amide bonds. The molecule has 106 valence electrons. The third-order valence-electron chi connectivity index (χ3n) is 4.03. The van der Waals surface area contributed by atoms with Crippen molar-refractivity contribution in [2.45, 2.75) is 38.8 Å². The monoisotopic (exact) mass is 263 g/mol. The van der Waals surface area contributed by atoms with Crippen LogP contribution in [0.5, 0.6) is 5.75 Å². The Morgan fingerprint density at radius 1 is 1.47 bits per heavy atom. The van der Waals surface area contributed by atoms with E-state index in [1.807, 2.05) is 12.1 Å². The predicted molar refractivity (Wildman–Crippen MR) is 77.5 cm³/mol. The van der Waals surface area contributed by atoms with Crippen molar-refractivity contribution in [3.05, 3.63) is 29.8 Å². The van der Waals surface area contributed by atoms with Gasteiger partial charge in [0.05, 0.1) is 13.2 Å². The maximum absolute atomic E-state index is 5.73. The fourth-order valence-electron chi connectivity index (χ4n) is 2.73. The summed E-state index contributed by atoms with van der Waals surface area (Å²) in [4.78, 5) is 0. The van der Waals surface area contributed by atoms with Gasteiger partial charge >= 0.3 is 0 Å². The topological polar surface area (TPSA) is 30.5 Å². The van der Waals surface area contributed by atoms with Gasteiger partial charge in [-0.1, -0.05) is 19.1 Å². The molecule has 0 aromatic heterocycles. The van der Waals surface area contributed by atoms with Crippen LogP contribution in [0.25, 0.3) is 0 Å². The van der Waals surface area contributed by atoms with E-state index >= 15 is 0 Å². The fourth-order valence-corrected chi connectivity index (χ4v) is 2.73. The van der Waals surface area contributed by atoms with Gasteiger partial charge in [0, 0.05) is 19.2 Å². The second kappa shape index (κ2) is 6.92. The number of nitrogens with one attached hydrogen (secondary N) is 1. The van der Waals surface area contributed by atoms with E-state index in [2.05, 4.69) is 31.3 Å². The molecule has 0 saturated carbocycles. The molecule has 3 atom stereocenters. The number of hydrogen-bond acceptors (Lipinski definition) is 3. The van der Waals surface area contributed by atoms with E-state index in [4.69, 9.17) is 9.47 Å². The van der Waals surface area contributed by atoms with Crippen LogP contribution in [-0.2, 0) is 4.74 Å².